The van der Waals surface area contributed by atoms with Gasteiger partial charge in [-0.15, -0.1) is 0 Å². The van der Waals surface area contributed by atoms with E-state index in [1.807, 2.05) is 12.1 Å². The van der Waals surface area contributed by atoms with Crippen molar-refractivity contribution in [3.63, 3.8) is 0 Å². The van der Waals surface area contributed by atoms with Crippen molar-refractivity contribution in [1.82, 2.24) is 10.2 Å². The Morgan fingerprint density at radius 3 is 3.05 bits per heavy atom. The molecule has 1 atom stereocenters. The largest absolute Gasteiger partial charge is 0.454 e. The van der Waals surface area contributed by atoms with Crippen LogP contribution in [0.4, 0.5) is 0 Å². The summed E-state index contributed by atoms with van der Waals surface area (Å²) in [7, 11) is 0. The fourth-order valence-corrected chi connectivity index (χ4v) is 3.34. The molecule has 0 spiro atoms. The standard InChI is InChI=1S/C16H22N2O2/c1-2-13(16-15(3-1)19-11-20-16)9-17-8-12-6-7-18(10-12)14-4-5-14/h1-3,12,14,17H,4-11H2/t12-/m1/s1. The van der Waals surface area contributed by atoms with Crippen LogP contribution in [0.25, 0.3) is 0 Å². The number of benzene rings is 1. The van der Waals surface area contributed by atoms with E-state index in [-0.39, 0.29) is 0 Å². The molecule has 0 amide bonds. The molecule has 4 rings (SSSR count). The Kier molecular flexibility index (Phi) is 3.28. The SMILES string of the molecule is c1cc(CNC[C@H]2CCN(C3CC3)C2)c2c(c1)OCO2. The lowest BCUT2D eigenvalue weighted by molar-refractivity contribution is 0.173. The van der Waals surface area contributed by atoms with E-state index in [2.05, 4.69) is 16.3 Å². The average molecular weight is 274 g/mol. The van der Waals surface area contributed by atoms with Crippen molar-refractivity contribution < 1.29 is 9.47 Å². The number of nitrogens with one attached hydrogen (secondary N) is 1. The first kappa shape index (κ1) is 12.5. The summed E-state index contributed by atoms with van der Waals surface area (Å²) < 4.78 is 10.9. The molecule has 4 heteroatoms. The highest BCUT2D eigenvalue weighted by atomic mass is 16.7. The summed E-state index contributed by atoms with van der Waals surface area (Å²) in [6.07, 6.45) is 4.19. The Hall–Kier alpha value is -1.26. The molecule has 1 aromatic carbocycles. The zero-order valence-electron chi connectivity index (χ0n) is 11.8. The van der Waals surface area contributed by atoms with Crippen molar-refractivity contribution in [3.8, 4) is 11.5 Å². The molecule has 2 fully saturated rings. The topological polar surface area (TPSA) is 33.7 Å². The van der Waals surface area contributed by atoms with E-state index in [4.69, 9.17) is 9.47 Å². The molecule has 0 unspecified atom stereocenters. The second kappa shape index (κ2) is 5.26. The first-order chi connectivity index (χ1) is 9.90. The Bertz CT molecular complexity index is 487. The predicted octanol–water partition coefficient (Wildman–Crippen LogP) is 1.99. The maximum atomic E-state index is 5.54. The van der Waals surface area contributed by atoms with Gasteiger partial charge in [0.25, 0.3) is 0 Å². The van der Waals surface area contributed by atoms with Gasteiger partial charge in [-0.2, -0.15) is 0 Å². The van der Waals surface area contributed by atoms with Crippen molar-refractivity contribution >= 4 is 0 Å². The van der Waals surface area contributed by atoms with Crippen molar-refractivity contribution in [2.24, 2.45) is 5.92 Å². The van der Waals surface area contributed by atoms with Crippen LogP contribution in [-0.2, 0) is 6.54 Å². The van der Waals surface area contributed by atoms with Crippen LogP contribution in [0.5, 0.6) is 11.5 Å². The minimum absolute atomic E-state index is 0.353. The van der Waals surface area contributed by atoms with Crippen molar-refractivity contribution in [2.45, 2.75) is 31.8 Å². The highest BCUT2D eigenvalue weighted by Gasteiger charge is 2.34. The number of para-hydroxylation sites is 1. The number of fused-ring (bicyclic) bond motifs is 1. The summed E-state index contributed by atoms with van der Waals surface area (Å²) in [5, 5.41) is 3.59. The highest BCUT2D eigenvalue weighted by Crippen LogP contribution is 2.35. The van der Waals surface area contributed by atoms with Crippen molar-refractivity contribution in [2.75, 3.05) is 26.4 Å². The summed E-state index contributed by atoms with van der Waals surface area (Å²) in [6, 6.07) is 7.04. The van der Waals surface area contributed by atoms with E-state index in [1.165, 1.54) is 37.9 Å². The molecule has 4 nitrogen and oxygen atoms in total. The molecule has 1 saturated heterocycles. The van der Waals surface area contributed by atoms with Crippen LogP contribution < -0.4 is 14.8 Å². The molecule has 0 radical (unpaired) electrons. The fraction of sp³-hybridized carbons (Fsp3) is 0.625. The molecule has 2 aliphatic heterocycles. The first-order valence-corrected chi connectivity index (χ1v) is 7.72. The molecule has 1 saturated carbocycles. The normalized spacial score (nSPS) is 25.3. The zero-order chi connectivity index (χ0) is 13.4. The van der Waals surface area contributed by atoms with E-state index < -0.39 is 0 Å². The number of nitrogens with zero attached hydrogens (tertiary/aromatic N) is 1. The monoisotopic (exact) mass is 274 g/mol. The van der Waals surface area contributed by atoms with Crippen molar-refractivity contribution in [3.05, 3.63) is 23.8 Å². The zero-order valence-corrected chi connectivity index (χ0v) is 11.8. The Morgan fingerprint density at radius 2 is 2.15 bits per heavy atom. The predicted molar refractivity (Wildman–Crippen MR) is 77.0 cm³/mol. The lowest BCUT2D eigenvalue weighted by atomic mass is 10.1. The van der Waals surface area contributed by atoms with Gasteiger partial charge in [-0.25, -0.2) is 0 Å². The minimum Gasteiger partial charge on any atom is -0.454 e. The summed E-state index contributed by atoms with van der Waals surface area (Å²) >= 11 is 0. The van der Waals surface area contributed by atoms with E-state index in [9.17, 15) is 0 Å². The first-order valence-electron chi connectivity index (χ1n) is 7.72. The Labute approximate surface area is 120 Å². The van der Waals surface area contributed by atoms with Gasteiger partial charge < -0.3 is 19.7 Å². The second-order valence-corrected chi connectivity index (χ2v) is 6.16. The van der Waals surface area contributed by atoms with Gasteiger partial charge in [0.2, 0.25) is 6.79 Å². The van der Waals surface area contributed by atoms with Crippen LogP contribution >= 0.6 is 0 Å². The molecular weight excluding hydrogens is 252 g/mol. The van der Waals surface area contributed by atoms with E-state index in [1.54, 1.807) is 0 Å². The lowest BCUT2D eigenvalue weighted by Crippen LogP contribution is -2.27. The molecule has 2 heterocycles. The molecular formula is C16H22N2O2. The van der Waals surface area contributed by atoms with Crippen LogP contribution in [-0.4, -0.2) is 37.4 Å². The van der Waals surface area contributed by atoms with Gasteiger partial charge in [0, 0.05) is 24.7 Å². The number of ether oxygens (including phenoxy) is 2. The molecule has 20 heavy (non-hydrogen) atoms. The molecule has 1 N–H and O–H groups in total. The van der Waals surface area contributed by atoms with Crippen molar-refractivity contribution in [1.29, 1.82) is 0 Å². The van der Waals surface area contributed by atoms with Crippen LogP contribution in [0.2, 0.25) is 0 Å². The molecule has 1 aromatic rings. The third-order valence-electron chi connectivity index (χ3n) is 4.61. The Morgan fingerprint density at radius 1 is 1.20 bits per heavy atom. The summed E-state index contributed by atoms with van der Waals surface area (Å²) in [4.78, 5) is 2.67. The number of hydrogen-bond donors (Lipinski definition) is 1. The quantitative estimate of drug-likeness (QED) is 0.890. The van der Waals surface area contributed by atoms with Gasteiger partial charge in [0.1, 0.15) is 0 Å². The summed E-state index contributed by atoms with van der Waals surface area (Å²) in [5.74, 6) is 2.61. The fourth-order valence-electron chi connectivity index (χ4n) is 3.34. The summed E-state index contributed by atoms with van der Waals surface area (Å²) in [5.41, 5.74) is 1.21. The molecule has 0 bridgehead atoms. The lowest BCUT2D eigenvalue weighted by Gasteiger charge is -2.15. The third-order valence-corrected chi connectivity index (χ3v) is 4.61. The van der Waals surface area contributed by atoms with Gasteiger partial charge in [-0.1, -0.05) is 12.1 Å². The van der Waals surface area contributed by atoms with Gasteiger partial charge in [0.15, 0.2) is 11.5 Å². The number of rotatable bonds is 5. The molecule has 0 aromatic heterocycles. The van der Waals surface area contributed by atoms with E-state index >= 15 is 0 Å². The number of likely N-dealkylation sites (tertiary alicyclic amines) is 1. The Balaban J connectivity index is 1.28. The molecule has 1 aliphatic carbocycles. The van der Waals surface area contributed by atoms with E-state index in [0.29, 0.717) is 6.79 Å². The molecule has 108 valence electrons. The van der Waals surface area contributed by atoms with Gasteiger partial charge in [0.05, 0.1) is 0 Å². The third kappa shape index (κ3) is 2.50. The van der Waals surface area contributed by atoms with Gasteiger partial charge >= 0.3 is 0 Å². The minimum atomic E-state index is 0.353. The molecule has 3 aliphatic rings. The second-order valence-electron chi connectivity index (χ2n) is 6.16. The van der Waals surface area contributed by atoms with Gasteiger partial charge in [-0.3, -0.25) is 0 Å². The average Bonchev–Trinajstić information content (AvgIpc) is 3.01. The van der Waals surface area contributed by atoms with Gasteiger partial charge in [-0.05, 0) is 44.3 Å². The highest BCUT2D eigenvalue weighted by molar-refractivity contribution is 5.48. The summed E-state index contributed by atoms with van der Waals surface area (Å²) in [6.45, 7) is 4.91. The number of hydrogen-bond acceptors (Lipinski definition) is 4. The van der Waals surface area contributed by atoms with E-state index in [0.717, 1.165) is 36.5 Å². The smallest absolute Gasteiger partial charge is 0.231 e. The van der Waals surface area contributed by atoms with Crippen LogP contribution in [0.15, 0.2) is 18.2 Å². The maximum Gasteiger partial charge on any atom is 0.231 e. The van der Waals surface area contributed by atoms with Crippen LogP contribution in [0.3, 0.4) is 0 Å². The van der Waals surface area contributed by atoms with Crippen LogP contribution in [0, 0.1) is 5.92 Å². The maximum absolute atomic E-state index is 5.54. The van der Waals surface area contributed by atoms with Crippen LogP contribution in [0.1, 0.15) is 24.8 Å².